The maximum atomic E-state index is 11.7. The molecule has 2 amide bonds. The maximum absolute atomic E-state index is 11.7. The van der Waals surface area contributed by atoms with Crippen molar-refractivity contribution in [2.45, 2.75) is 19.8 Å². The molecule has 0 atom stereocenters. The summed E-state index contributed by atoms with van der Waals surface area (Å²) in [4.78, 5) is 11.7. The molecule has 0 radical (unpaired) electrons. The quantitative estimate of drug-likeness (QED) is 0.847. The molecule has 96 valence electrons. The zero-order valence-electron chi connectivity index (χ0n) is 9.97. The molecule has 0 unspecified atom stereocenters. The van der Waals surface area contributed by atoms with E-state index in [0.717, 1.165) is 0 Å². The van der Waals surface area contributed by atoms with Crippen LogP contribution in [0.2, 0.25) is 10.0 Å². The van der Waals surface area contributed by atoms with E-state index < -0.39 is 0 Å². The number of carbonyl (C=O) groups is 1. The Labute approximate surface area is 116 Å². The number of hydrogen-bond acceptors (Lipinski definition) is 1. The topological polar surface area (TPSA) is 41.1 Å². The minimum Gasteiger partial charge on any atom is -0.314 e. The zero-order valence-corrected chi connectivity index (χ0v) is 11.5. The molecule has 0 aromatic heterocycles. The van der Waals surface area contributed by atoms with E-state index in [0.29, 0.717) is 21.7 Å². The summed E-state index contributed by atoms with van der Waals surface area (Å²) < 4.78 is 0. The lowest BCUT2D eigenvalue weighted by atomic mass is 10.2. The van der Waals surface area contributed by atoms with Crippen LogP contribution in [0.15, 0.2) is 30.0 Å². The van der Waals surface area contributed by atoms with Gasteiger partial charge in [-0.15, -0.1) is 0 Å². The second kappa shape index (κ2) is 5.63. The molecule has 0 heterocycles. The Bertz CT molecular complexity index is 496. The molecule has 18 heavy (non-hydrogen) atoms. The molecular formula is C13H14Cl2N2O. The average Bonchev–Trinajstić information content (AvgIpc) is 3.16. The summed E-state index contributed by atoms with van der Waals surface area (Å²) in [6.45, 7) is 2.02. The number of urea groups is 1. The van der Waals surface area contributed by atoms with E-state index in [-0.39, 0.29) is 6.03 Å². The lowest BCUT2D eigenvalue weighted by Gasteiger charge is -2.08. The molecule has 0 saturated heterocycles. The molecule has 2 rings (SSSR count). The van der Waals surface area contributed by atoms with Gasteiger partial charge in [-0.2, -0.15) is 0 Å². The number of benzene rings is 1. The molecule has 1 aromatic rings. The predicted molar refractivity (Wildman–Crippen MR) is 75.1 cm³/mol. The molecule has 1 aliphatic rings. The summed E-state index contributed by atoms with van der Waals surface area (Å²) in [5.41, 5.74) is 1.70. The van der Waals surface area contributed by atoms with Gasteiger partial charge in [-0.25, -0.2) is 4.79 Å². The van der Waals surface area contributed by atoms with Crippen molar-refractivity contribution in [3.63, 3.8) is 0 Å². The highest BCUT2D eigenvalue weighted by atomic mass is 35.5. The minimum absolute atomic E-state index is 0.320. The monoisotopic (exact) mass is 284 g/mol. The molecule has 1 fully saturated rings. The fraction of sp³-hybridized carbons (Fsp3) is 0.308. The van der Waals surface area contributed by atoms with Gasteiger partial charge in [-0.3, -0.25) is 0 Å². The second-order valence-electron chi connectivity index (χ2n) is 4.36. The van der Waals surface area contributed by atoms with Crippen LogP contribution in [-0.4, -0.2) is 6.03 Å². The van der Waals surface area contributed by atoms with Gasteiger partial charge in [0.15, 0.2) is 0 Å². The Morgan fingerprint density at radius 1 is 1.39 bits per heavy atom. The number of amides is 2. The van der Waals surface area contributed by atoms with E-state index in [9.17, 15) is 4.79 Å². The highest BCUT2D eigenvalue weighted by molar-refractivity contribution is 6.43. The van der Waals surface area contributed by atoms with E-state index in [4.69, 9.17) is 23.2 Å². The molecule has 2 N–H and O–H groups in total. The normalized spacial score (nSPS) is 15.4. The van der Waals surface area contributed by atoms with Crippen LogP contribution in [0.1, 0.15) is 19.8 Å². The van der Waals surface area contributed by atoms with Gasteiger partial charge in [0, 0.05) is 6.20 Å². The summed E-state index contributed by atoms with van der Waals surface area (Å²) in [7, 11) is 0. The standard InChI is InChI=1S/C13H14Cl2N2O/c1-8(9-5-6-9)7-16-13(18)17-11-4-2-3-10(14)12(11)15/h2-4,7,9H,5-6H2,1H3,(H2,16,17,18)/b8-7+. The predicted octanol–water partition coefficient (Wildman–Crippen LogP) is 4.43. The number of nitrogens with one attached hydrogen (secondary N) is 2. The molecule has 0 spiro atoms. The third-order valence-electron chi connectivity index (χ3n) is 2.85. The number of halogens is 2. The van der Waals surface area contributed by atoms with E-state index in [1.807, 2.05) is 6.92 Å². The molecule has 0 bridgehead atoms. The Hall–Kier alpha value is -1.19. The Morgan fingerprint density at radius 3 is 2.78 bits per heavy atom. The van der Waals surface area contributed by atoms with Gasteiger partial charge >= 0.3 is 6.03 Å². The first kappa shape index (κ1) is 13.2. The van der Waals surface area contributed by atoms with Crippen LogP contribution in [0.25, 0.3) is 0 Å². The van der Waals surface area contributed by atoms with Crippen molar-refractivity contribution in [2.24, 2.45) is 5.92 Å². The lowest BCUT2D eigenvalue weighted by molar-refractivity contribution is 0.255. The highest BCUT2D eigenvalue weighted by Crippen LogP contribution is 2.35. The summed E-state index contributed by atoms with van der Waals surface area (Å²) in [6.07, 6.45) is 4.17. The molecule has 1 aliphatic carbocycles. The first-order valence-electron chi connectivity index (χ1n) is 5.76. The van der Waals surface area contributed by atoms with E-state index in [1.165, 1.54) is 18.4 Å². The van der Waals surface area contributed by atoms with Gasteiger partial charge in [0.1, 0.15) is 0 Å². The largest absolute Gasteiger partial charge is 0.323 e. The fourth-order valence-electron chi connectivity index (χ4n) is 1.59. The maximum Gasteiger partial charge on any atom is 0.323 e. The molecule has 1 aromatic carbocycles. The number of anilines is 1. The Morgan fingerprint density at radius 2 is 2.11 bits per heavy atom. The Kier molecular flexibility index (Phi) is 4.15. The van der Waals surface area contributed by atoms with Crippen molar-refractivity contribution in [3.8, 4) is 0 Å². The van der Waals surface area contributed by atoms with Crippen LogP contribution in [0.5, 0.6) is 0 Å². The van der Waals surface area contributed by atoms with Crippen molar-refractivity contribution in [2.75, 3.05) is 5.32 Å². The van der Waals surface area contributed by atoms with Gasteiger partial charge in [-0.1, -0.05) is 34.8 Å². The SMILES string of the molecule is C/C(=C\NC(=O)Nc1cccc(Cl)c1Cl)C1CC1. The van der Waals surface area contributed by atoms with Crippen LogP contribution in [0.4, 0.5) is 10.5 Å². The summed E-state index contributed by atoms with van der Waals surface area (Å²) in [5, 5.41) is 6.10. The number of hydrogen-bond donors (Lipinski definition) is 2. The number of rotatable bonds is 3. The highest BCUT2D eigenvalue weighted by Gasteiger charge is 2.22. The lowest BCUT2D eigenvalue weighted by Crippen LogP contribution is -2.24. The summed E-state index contributed by atoms with van der Waals surface area (Å²) in [6, 6.07) is 4.78. The smallest absolute Gasteiger partial charge is 0.314 e. The van der Waals surface area contributed by atoms with Crippen LogP contribution in [0, 0.1) is 5.92 Å². The average molecular weight is 285 g/mol. The van der Waals surface area contributed by atoms with E-state index in [1.54, 1.807) is 24.4 Å². The third-order valence-corrected chi connectivity index (χ3v) is 3.67. The van der Waals surface area contributed by atoms with Gasteiger partial charge < -0.3 is 10.6 Å². The number of carbonyl (C=O) groups excluding carboxylic acids is 1. The summed E-state index contributed by atoms with van der Waals surface area (Å²) in [5.74, 6) is 0.639. The Balaban J connectivity index is 1.94. The van der Waals surface area contributed by atoms with Gasteiger partial charge in [0.2, 0.25) is 0 Å². The van der Waals surface area contributed by atoms with Crippen molar-refractivity contribution in [1.29, 1.82) is 0 Å². The summed E-state index contributed by atoms with van der Waals surface area (Å²) >= 11 is 11.8. The molecule has 3 nitrogen and oxygen atoms in total. The van der Waals surface area contributed by atoms with E-state index >= 15 is 0 Å². The van der Waals surface area contributed by atoms with Crippen molar-refractivity contribution in [3.05, 3.63) is 40.0 Å². The van der Waals surface area contributed by atoms with Crippen LogP contribution in [-0.2, 0) is 0 Å². The van der Waals surface area contributed by atoms with Crippen LogP contribution >= 0.6 is 23.2 Å². The molecule has 0 aliphatic heterocycles. The van der Waals surface area contributed by atoms with Crippen LogP contribution < -0.4 is 10.6 Å². The number of allylic oxidation sites excluding steroid dienone is 1. The molecular weight excluding hydrogens is 271 g/mol. The van der Waals surface area contributed by atoms with Gasteiger partial charge in [0.25, 0.3) is 0 Å². The molecule has 5 heteroatoms. The van der Waals surface area contributed by atoms with Crippen molar-refractivity contribution >= 4 is 34.9 Å². The first-order valence-corrected chi connectivity index (χ1v) is 6.51. The zero-order chi connectivity index (χ0) is 13.1. The van der Waals surface area contributed by atoms with Crippen molar-refractivity contribution < 1.29 is 4.79 Å². The van der Waals surface area contributed by atoms with E-state index in [2.05, 4.69) is 10.6 Å². The van der Waals surface area contributed by atoms with Gasteiger partial charge in [0.05, 0.1) is 15.7 Å². The third kappa shape index (κ3) is 3.40. The second-order valence-corrected chi connectivity index (χ2v) is 5.15. The van der Waals surface area contributed by atoms with Crippen LogP contribution in [0.3, 0.4) is 0 Å². The first-order chi connectivity index (χ1) is 8.58. The van der Waals surface area contributed by atoms with Gasteiger partial charge in [-0.05, 0) is 37.8 Å². The fourth-order valence-corrected chi connectivity index (χ4v) is 1.94. The molecule has 1 saturated carbocycles. The minimum atomic E-state index is -0.320. The van der Waals surface area contributed by atoms with Crippen molar-refractivity contribution in [1.82, 2.24) is 5.32 Å².